The molecule has 2 atom stereocenters. The number of aliphatic hydroxyl groups excluding tert-OH is 1. The van der Waals surface area contributed by atoms with Gasteiger partial charge in [0, 0.05) is 19.2 Å². The van der Waals surface area contributed by atoms with Crippen LogP contribution < -0.4 is 5.32 Å². The van der Waals surface area contributed by atoms with Crippen molar-refractivity contribution >= 4 is 0 Å². The molecule has 0 fully saturated rings. The highest BCUT2D eigenvalue weighted by atomic mass is 16.5. The normalized spacial score (nSPS) is 17.3. The summed E-state index contributed by atoms with van der Waals surface area (Å²) in [7, 11) is 0. The van der Waals surface area contributed by atoms with Gasteiger partial charge in [-0.25, -0.2) is 0 Å². The molecule has 0 aliphatic heterocycles. The van der Waals surface area contributed by atoms with Crippen LogP contribution >= 0.6 is 0 Å². The molecule has 2 N–H and O–H groups in total. The van der Waals surface area contributed by atoms with Crippen LogP contribution in [0.25, 0.3) is 0 Å². The minimum Gasteiger partial charge on any atom is -0.389 e. The maximum Gasteiger partial charge on any atom is 0.0897 e. The second-order valence-corrected chi connectivity index (χ2v) is 6.95. The zero-order valence-corrected chi connectivity index (χ0v) is 14.3. The van der Waals surface area contributed by atoms with E-state index in [1.165, 1.54) is 42.4 Å². The SMILES string of the molecule is CC(C)COCC(O)CNC(C)c1ccc2c(c1)CCCC2. The van der Waals surface area contributed by atoms with Gasteiger partial charge in [0.15, 0.2) is 0 Å². The highest BCUT2D eigenvalue weighted by molar-refractivity contribution is 5.35. The summed E-state index contributed by atoms with van der Waals surface area (Å²) in [5.41, 5.74) is 4.35. The number of rotatable bonds is 8. The second kappa shape index (κ2) is 8.66. The van der Waals surface area contributed by atoms with Crippen LogP contribution in [-0.2, 0) is 17.6 Å². The molecule has 124 valence electrons. The van der Waals surface area contributed by atoms with E-state index >= 15 is 0 Å². The lowest BCUT2D eigenvalue weighted by atomic mass is 9.89. The van der Waals surface area contributed by atoms with Gasteiger partial charge in [0.25, 0.3) is 0 Å². The second-order valence-electron chi connectivity index (χ2n) is 6.95. The average molecular weight is 305 g/mol. The molecule has 0 amide bonds. The molecule has 22 heavy (non-hydrogen) atoms. The van der Waals surface area contributed by atoms with E-state index in [4.69, 9.17) is 4.74 Å². The Labute approximate surface area is 135 Å². The fourth-order valence-electron chi connectivity index (χ4n) is 2.95. The molecule has 1 aliphatic carbocycles. The Kier molecular flexibility index (Phi) is 6.87. The fourth-order valence-corrected chi connectivity index (χ4v) is 2.95. The van der Waals surface area contributed by atoms with Crippen molar-refractivity contribution in [1.29, 1.82) is 0 Å². The van der Waals surface area contributed by atoms with Crippen molar-refractivity contribution in [2.24, 2.45) is 5.92 Å². The third kappa shape index (κ3) is 5.38. The van der Waals surface area contributed by atoms with E-state index in [0.717, 1.165) is 0 Å². The first-order valence-electron chi connectivity index (χ1n) is 8.67. The predicted octanol–water partition coefficient (Wildman–Crippen LogP) is 3.25. The summed E-state index contributed by atoms with van der Waals surface area (Å²) in [5, 5.41) is 13.4. The molecule has 3 heteroatoms. The topological polar surface area (TPSA) is 41.5 Å². The minimum absolute atomic E-state index is 0.256. The Morgan fingerprint density at radius 2 is 1.82 bits per heavy atom. The van der Waals surface area contributed by atoms with Crippen LogP contribution in [0.1, 0.15) is 56.3 Å². The number of benzene rings is 1. The fraction of sp³-hybridized carbons (Fsp3) is 0.684. The first-order chi connectivity index (χ1) is 10.6. The highest BCUT2D eigenvalue weighted by Crippen LogP contribution is 2.24. The van der Waals surface area contributed by atoms with E-state index in [2.05, 4.69) is 44.3 Å². The Morgan fingerprint density at radius 3 is 2.55 bits per heavy atom. The molecule has 0 aromatic heterocycles. The van der Waals surface area contributed by atoms with Crippen molar-refractivity contribution in [2.75, 3.05) is 19.8 Å². The molecule has 0 radical (unpaired) electrons. The maximum absolute atomic E-state index is 9.96. The van der Waals surface area contributed by atoms with Crippen LogP contribution in [0.5, 0.6) is 0 Å². The molecule has 0 saturated heterocycles. The molecule has 2 rings (SSSR count). The quantitative estimate of drug-likeness (QED) is 0.774. The van der Waals surface area contributed by atoms with Gasteiger partial charge in [-0.1, -0.05) is 32.0 Å². The standard InChI is InChI=1S/C19H31NO2/c1-14(2)12-22-13-19(21)11-20-15(3)17-9-8-16-6-4-5-7-18(16)10-17/h8-10,14-15,19-21H,4-7,11-13H2,1-3H3. The monoisotopic (exact) mass is 305 g/mol. The maximum atomic E-state index is 9.96. The molecule has 0 saturated carbocycles. The minimum atomic E-state index is -0.446. The zero-order valence-electron chi connectivity index (χ0n) is 14.3. The van der Waals surface area contributed by atoms with E-state index < -0.39 is 6.10 Å². The Bertz CT molecular complexity index is 459. The molecule has 3 nitrogen and oxygen atoms in total. The van der Waals surface area contributed by atoms with E-state index in [1.54, 1.807) is 0 Å². The Balaban J connectivity index is 1.78. The molecule has 1 aliphatic rings. The smallest absolute Gasteiger partial charge is 0.0897 e. The third-order valence-corrected chi connectivity index (χ3v) is 4.29. The highest BCUT2D eigenvalue weighted by Gasteiger charge is 2.13. The zero-order chi connectivity index (χ0) is 15.9. The molecule has 2 unspecified atom stereocenters. The van der Waals surface area contributed by atoms with Gasteiger partial charge in [0.05, 0.1) is 12.7 Å². The number of aliphatic hydroxyl groups is 1. The number of hydrogen-bond acceptors (Lipinski definition) is 3. The van der Waals surface area contributed by atoms with Crippen molar-refractivity contribution < 1.29 is 9.84 Å². The largest absolute Gasteiger partial charge is 0.389 e. The lowest BCUT2D eigenvalue weighted by Crippen LogP contribution is -2.32. The molecule has 0 bridgehead atoms. The predicted molar refractivity (Wildman–Crippen MR) is 91.2 cm³/mol. The summed E-state index contributed by atoms with van der Waals surface area (Å²) in [4.78, 5) is 0. The molecule has 1 aromatic carbocycles. The molecular weight excluding hydrogens is 274 g/mol. The van der Waals surface area contributed by atoms with Gasteiger partial charge < -0.3 is 15.2 Å². The first-order valence-corrected chi connectivity index (χ1v) is 8.67. The van der Waals surface area contributed by atoms with Gasteiger partial charge in [-0.15, -0.1) is 0 Å². The van der Waals surface area contributed by atoms with Crippen LogP contribution in [0, 0.1) is 5.92 Å². The van der Waals surface area contributed by atoms with E-state index in [-0.39, 0.29) is 6.04 Å². The van der Waals surface area contributed by atoms with E-state index in [9.17, 15) is 5.11 Å². The van der Waals surface area contributed by atoms with E-state index in [1.807, 2.05) is 0 Å². The summed E-state index contributed by atoms with van der Waals surface area (Å²) in [6.45, 7) is 8.06. The molecular formula is C19H31NO2. The number of nitrogens with one attached hydrogen (secondary N) is 1. The first kappa shape index (κ1) is 17.5. The number of fused-ring (bicyclic) bond motifs is 1. The molecule has 0 spiro atoms. The lowest BCUT2D eigenvalue weighted by molar-refractivity contribution is 0.0252. The summed E-state index contributed by atoms with van der Waals surface area (Å²) < 4.78 is 5.48. The summed E-state index contributed by atoms with van der Waals surface area (Å²) in [6.07, 6.45) is 4.62. The third-order valence-electron chi connectivity index (χ3n) is 4.29. The summed E-state index contributed by atoms with van der Waals surface area (Å²) in [6, 6.07) is 7.11. The summed E-state index contributed by atoms with van der Waals surface area (Å²) >= 11 is 0. The summed E-state index contributed by atoms with van der Waals surface area (Å²) in [5.74, 6) is 0.509. The van der Waals surface area contributed by atoms with Crippen molar-refractivity contribution in [3.8, 4) is 0 Å². The Hall–Kier alpha value is -0.900. The lowest BCUT2D eigenvalue weighted by Gasteiger charge is -2.21. The van der Waals surface area contributed by atoms with Crippen LogP contribution in [-0.4, -0.2) is 31.0 Å². The van der Waals surface area contributed by atoms with Crippen LogP contribution in [0.3, 0.4) is 0 Å². The van der Waals surface area contributed by atoms with Gasteiger partial charge in [0.2, 0.25) is 0 Å². The van der Waals surface area contributed by atoms with Crippen LogP contribution in [0.15, 0.2) is 18.2 Å². The Morgan fingerprint density at radius 1 is 1.09 bits per heavy atom. The molecule has 1 aromatic rings. The van der Waals surface area contributed by atoms with Crippen LogP contribution in [0.4, 0.5) is 0 Å². The molecule has 0 heterocycles. The van der Waals surface area contributed by atoms with Crippen molar-refractivity contribution in [1.82, 2.24) is 5.32 Å². The number of ether oxygens (including phenoxy) is 1. The average Bonchev–Trinajstić information content (AvgIpc) is 2.51. The van der Waals surface area contributed by atoms with Crippen LogP contribution in [0.2, 0.25) is 0 Å². The van der Waals surface area contributed by atoms with Gasteiger partial charge in [-0.05, 0) is 55.2 Å². The van der Waals surface area contributed by atoms with E-state index in [0.29, 0.717) is 25.7 Å². The van der Waals surface area contributed by atoms with Gasteiger partial charge in [-0.2, -0.15) is 0 Å². The van der Waals surface area contributed by atoms with Crippen molar-refractivity contribution in [3.05, 3.63) is 34.9 Å². The number of hydrogen-bond donors (Lipinski definition) is 2. The van der Waals surface area contributed by atoms with Crippen molar-refractivity contribution in [3.63, 3.8) is 0 Å². The van der Waals surface area contributed by atoms with Gasteiger partial charge >= 0.3 is 0 Å². The number of aryl methyl sites for hydroxylation is 2. The van der Waals surface area contributed by atoms with Crippen molar-refractivity contribution in [2.45, 2.75) is 58.6 Å². The van der Waals surface area contributed by atoms with Gasteiger partial charge in [0.1, 0.15) is 0 Å². The van der Waals surface area contributed by atoms with Gasteiger partial charge in [-0.3, -0.25) is 0 Å².